The molecule has 2 rings (SSSR count). The van der Waals surface area contributed by atoms with Crippen molar-refractivity contribution in [2.45, 2.75) is 25.5 Å². The maximum absolute atomic E-state index is 13.0. The number of nitrogens with zero attached hydrogens (tertiary/aromatic N) is 1. The van der Waals surface area contributed by atoms with Gasteiger partial charge in [0, 0.05) is 4.70 Å². The zero-order chi connectivity index (χ0) is 13.3. The third kappa shape index (κ3) is 3.10. The van der Waals surface area contributed by atoms with Crippen molar-refractivity contribution in [1.29, 1.82) is 0 Å². The van der Waals surface area contributed by atoms with Crippen LogP contribution in [0, 0.1) is 5.82 Å². The molecule has 0 saturated heterocycles. The standard InChI is InChI=1S/C13H14FNOS2/c1-13(2,3)18(16)15-8-11-6-9-4-5-10(14)7-12(9)17-11/h4-8H,1-3H3/b15-8+. The Morgan fingerprint density at radius 3 is 2.72 bits per heavy atom. The highest BCUT2D eigenvalue weighted by molar-refractivity contribution is 7.91. The fourth-order valence-electron chi connectivity index (χ4n) is 1.35. The predicted octanol–water partition coefficient (Wildman–Crippen LogP) is 3.92. The molecule has 5 heteroatoms. The fourth-order valence-corrected chi connectivity index (χ4v) is 2.90. The van der Waals surface area contributed by atoms with Crippen LogP contribution in [0.2, 0.25) is 0 Å². The SMILES string of the molecule is CC(C)(C)[S+]([O-])/N=C/c1cc2ccc(F)cc2s1. The summed E-state index contributed by atoms with van der Waals surface area (Å²) in [4.78, 5) is 0.883. The van der Waals surface area contributed by atoms with E-state index >= 15 is 0 Å². The average molecular weight is 283 g/mol. The lowest BCUT2D eigenvalue weighted by Crippen LogP contribution is -2.25. The molecule has 0 N–H and O–H groups in total. The molecule has 1 heterocycles. The number of hydrogen-bond donors (Lipinski definition) is 0. The van der Waals surface area contributed by atoms with Gasteiger partial charge in [-0.15, -0.1) is 11.3 Å². The van der Waals surface area contributed by atoms with Gasteiger partial charge in [0.1, 0.15) is 21.9 Å². The number of halogens is 1. The first-order chi connectivity index (χ1) is 8.36. The molecule has 0 spiro atoms. The van der Waals surface area contributed by atoms with Gasteiger partial charge in [0.05, 0.1) is 11.1 Å². The number of rotatable bonds is 2. The van der Waals surface area contributed by atoms with Gasteiger partial charge in [-0.25, -0.2) is 4.39 Å². The van der Waals surface area contributed by atoms with Crippen LogP contribution in [0.4, 0.5) is 4.39 Å². The topological polar surface area (TPSA) is 35.4 Å². The Morgan fingerprint density at radius 2 is 2.06 bits per heavy atom. The molecule has 1 aromatic heterocycles. The van der Waals surface area contributed by atoms with Crippen LogP contribution in [0.15, 0.2) is 28.7 Å². The van der Waals surface area contributed by atoms with E-state index in [4.69, 9.17) is 0 Å². The van der Waals surface area contributed by atoms with E-state index in [0.29, 0.717) is 0 Å². The van der Waals surface area contributed by atoms with E-state index in [1.54, 1.807) is 12.3 Å². The van der Waals surface area contributed by atoms with Crippen LogP contribution >= 0.6 is 11.3 Å². The monoisotopic (exact) mass is 283 g/mol. The molecule has 0 aliphatic rings. The first-order valence-electron chi connectivity index (χ1n) is 5.51. The highest BCUT2D eigenvalue weighted by Crippen LogP contribution is 2.26. The van der Waals surface area contributed by atoms with Gasteiger partial charge in [0.2, 0.25) is 0 Å². The number of benzene rings is 1. The summed E-state index contributed by atoms with van der Waals surface area (Å²) in [6.07, 6.45) is 1.60. The quantitative estimate of drug-likeness (QED) is 0.607. The Morgan fingerprint density at radius 1 is 1.33 bits per heavy atom. The molecule has 0 fully saturated rings. The second-order valence-electron chi connectivity index (χ2n) is 4.93. The summed E-state index contributed by atoms with van der Waals surface area (Å²) in [6.45, 7) is 5.63. The van der Waals surface area contributed by atoms with Crippen molar-refractivity contribution in [3.63, 3.8) is 0 Å². The fraction of sp³-hybridized carbons (Fsp3) is 0.308. The molecule has 0 amide bonds. The molecule has 0 bridgehead atoms. The van der Waals surface area contributed by atoms with Gasteiger partial charge in [-0.05, 0) is 44.4 Å². The third-order valence-corrected chi connectivity index (χ3v) is 4.68. The lowest BCUT2D eigenvalue weighted by atomic mass is 10.2. The Labute approximate surface area is 113 Å². The zero-order valence-electron chi connectivity index (χ0n) is 10.4. The van der Waals surface area contributed by atoms with Crippen molar-refractivity contribution < 1.29 is 8.94 Å². The molecule has 0 radical (unpaired) electrons. The predicted molar refractivity (Wildman–Crippen MR) is 77.3 cm³/mol. The summed E-state index contributed by atoms with van der Waals surface area (Å²) in [5, 5.41) is 0.976. The zero-order valence-corrected chi connectivity index (χ0v) is 12.1. The van der Waals surface area contributed by atoms with Crippen LogP contribution in [0.3, 0.4) is 0 Å². The van der Waals surface area contributed by atoms with Crippen molar-refractivity contribution in [3.05, 3.63) is 35.0 Å². The Hall–Kier alpha value is -0.910. The van der Waals surface area contributed by atoms with Crippen LogP contribution in [0.1, 0.15) is 25.6 Å². The summed E-state index contributed by atoms with van der Waals surface area (Å²) in [6, 6.07) is 6.59. The first kappa shape index (κ1) is 13.5. The average Bonchev–Trinajstić information content (AvgIpc) is 2.66. The van der Waals surface area contributed by atoms with Crippen LogP contribution in [0.5, 0.6) is 0 Å². The third-order valence-electron chi connectivity index (χ3n) is 2.30. The highest BCUT2D eigenvalue weighted by Gasteiger charge is 2.25. The van der Waals surface area contributed by atoms with Crippen molar-refractivity contribution in [1.82, 2.24) is 0 Å². The van der Waals surface area contributed by atoms with Crippen LogP contribution in [-0.4, -0.2) is 15.5 Å². The van der Waals surface area contributed by atoms with Crippen LogP contribution < -0.4 is 0 Å². The highest BCUT2D eigenvalue weighted by atomic mass is 32.2. The van der Waals surface area contributed by atoms with Gasteiger partial charge >= 0.3 is 0 Å². The van der Waals surface area contributed by atoms with Crippen molar-refractivity contribution in [3.8, 4) is 0 Å². The summed E-state index contributed by atoms with van der Waals surface area (Å²) in [5.41, 5.74) is 0. The molecule has 1 aromatic carbocycles. The number of hydrogen-bond acceptors (Lipinski definition) is 3. The van der Waals surface area contributed by atoms with Gasteiger partial charge in [-0.3, -0.25) is 0 Å². The van der Waals surface area contributed by atoms with Crippen molar-refractivity contribution in [2.75, 3.05) is 0 Å². The lowest BCUT2D eigenvalue weighted by molar-refractivity contribution is 0.562. The molecule has 1 unspecified atom stereocenters. The molecule has 1 atom stereocenters. The second-order valence-corrected chi connectivity index (χ2v) is 7.98. The minimum absolute atomic E-state index is 0.244. The molecular formula is C13H14FNOS2. The summed E-state index contributed by atoms with van der Waals surface area (Å²) in [7, 11) is 0. The maximum atomic E-state index is 13.0. The first-order valence-corrected chi connectivity index (χ1v) is 7.44. The lowest BCUT2D eigenvalue weighted by Gasteiger charge is -2.17. The molecule has 2 nitrogen and oxygen atoms in total. The van der Waals surface area contributed by atoms with Gasteiger partial charge in [-0.1, -0.05) is 10.5 Å². The van der Waals surface area contributed by atoms with Gasteiger partial charge in [0.25, 0.3) is 0 Å². The summed E-state index contributed by atoms with van der Waals surface area (Å²) >= 11 is 0.178. The largest absolute Gasteiger partial charge is 0.591 e. The van der Waals surface area contributed by atoms with E-state index < -0.39 is 11.4 Å². The maximum Gasteiger partial charge on any atom is 0.144 e. The minimum Gasteiger partial charge on any atom is -0.591 e. The van der Waals surface area contributed by atoms with Crippen LogP contribution in [0.25, 0.3) is 10.1 Å². The van der Waals surface area contributed by atoms with Crippen LogP contribution in [-0.2, 0) is 11.4 Å². The molecule has 0 aliphatic carbocycles. The van der Waals surface area contributed by atoms with E-state index in [-0.39, 0.29) is 10.6 Å². The Bertz CT molecular complexity index is 586. The normalized spacial score (nSPS) is 14.5. The minimum atomic E-state index is -1.26. The molecule has 0 aliphatic heterocycles. The van der Waals surface area contributed by atoms with E-state index in [0.717, 1.165) is 15.0 Å². The summed E-state index contributed by atoms with van der Waals surface area (Å²) in [5.74, 6) is -0.244. The van der Waals surface area contributed by atoms with Crippen molar-refractivity contribution in [2.24, 2.45) is 4.40 Å². The molecule has 0 saturated carbocycles. The molecule has 18 heavy (non-hydrogen) atoms. The molecular weight excluding hydrogens is 269 g/mol. The second kappa shape index (κ2) is 4.99. The number of fused-ring (bicyclic) bond motifs is 1. The summed E-state index contributed by atoms with van der Waals surface area (Å²) < 4.78 is 29.4. The molecule has 2 aromatic rings. The molecule has 96 valence electrons. The Balaban J connectivity index is 2.25. The van der Waals surface area contributed by atoms with Gasteiger partial charge in [0.15, 0.2) is 0 Å². The van der Waals surface area contributed by atoms with Gasteiger partial charge < -0.3 is 4.55 Å². The van der Waals surface area contributed by atoms with Gasteiger partial charge in [-0.2, -0.15) is 0 Å². The smallest absolute Gasteiger partial charge is 0.144 e. The van der Waals surface area contributed by atoms with E-state index in [1.165, 1.54) is 23.5 Å². The van der Waals surface area contributed by atoms with Crippen molar-refractivity contribution >= 4 is 39.0 Å². The number of thiophene rings is 1. The van der Waals surface area contributed by atoms with E-state index in [2.05, 4.69) is 4.40 Å². The van der Waals surface area contributed by atoms with E-state index in [1.807, 2.05) is 26.8 Å². The van der Waals surface area contributed by atoms with E-state index in [9.17, 15) is 8.94 Å². The Kier molecular flexibility index (Phi) is 3.75.